The second-order valence-corrected chi connectivity index (χ2v) is 6.30. The summed E-state index contributed by atoms with van der Waals surface area (Å²) in [5, 5.41) is 12.1. The molecule has 3 aromatic rings. The van der Waals surface area contributed by atoms with Gasteiger partial charge < -0.3 is 5.73 Å². The molecule has 114 valence electrons. The second kappa shape index (κ2) is 6.73. The monoisotopic (exact) mass is 343 g/mol. The van der Waals surface area contributed by atoms with Gasteiger partial charge in [0.05, 0.1) is 11.9 Å². The van der Waals surface area contributed by atoms with Gasteiger partial charge >= 0.3 is 0 Å². The zero-order valence-electron chi connectivity index (χ0n) is 11.7. The van der Waals surface area contributed by atoms with Gasteiger partial charge in [0.2, 0.25) is 0 Å². The molecule has 0 unspecified atom stereocenters. The zero-order valence-corrected chi connectivity index (χ0v) is 13.4. The van der Waals surface area contributed by atoms with Crippen LogP contribution in [0.15, 0.2) is 41.0 Å². The topological polar surface area (TPSA) is 88.5 Å². The number of thiazole rings is 1. The Balaban J connectivity index is 1.69. The lowest BCUT2D eigenvalue weighted by Gasteiger charge is -2.00. The minimum absolute atomic E-state index is 0.176. The molecule has 3 rings (SSSR count). The molecule has 0 aliphatic carbocycles. The van der Waals surface area contributed by atoms with Gasteiger partial charge in [-0.3, -0.25) is 0 Å². The Hall–Kier alpha value is -2.50. The van der Waals surface area contributed by atoms with Crippen LogP contribution in [-0.4, -0.2) is 15.0 Å². The van der Waals surface area contributed by atoms with Gasteiger partial charge in [-0.1, -0.05) is 11.8 Å². The van der Waals surface area contributed by atoms with Gasteiger partial charge in [0.25, 0.3) is 0 Å². The lowest BCUT2D eigenvalue weighted by atomic mass is 10.2. The highest BCUT2D eigenvalue weighted by atomic mass is 32.2. The summed E-state index contributed by atoms with van der Waals surface area (Å²) < 4.78 is 12.9. The molecule has 0 spiro atoms. The fraction of sp³-hybridized carbons (Fsp3) is 0.0667. The Morgan fingerprint density at radius 2 is 2.04 bits per heavy atom. The van der Waals surface area contributed by atoms with Crippen LogP contribution in [0.3, 0.4) is 0 Å². The van der Waals surface area contributed by atoms with E-state index in [-0.39, 0.29) is 17.2 Å². The number of rotatable bonds is 4. The summed E-state index contributed by atoms with van der Waals surface area (Å²) in [5.74, 6) is 0.496. The summed E-state index contributed by atoms with van der Waals surface area (Å²) >= 11 is 2.89. The summed E-state index contributed by atoms with van der Waals surface area (Å²) in [6, 6.07) is 8.16. The molecule has 0 amide bonds. The minimum atomic E-state index is -0.267. The molecule has 8 heteroatoms. The number of nitrogen functional groups attached to an aromatic ring is 1. The number of nitriles is 1. The van der Waals surface area contributed by atoms with Gasteiger partial charge in [0.15, 0.2) is 5.16 Å². The van der Waals surface area contributed by atoms with Gasteiger partial charge in [-0.15, -0.1) is 11.3 Å². The van der Waals surface area contributed by atoms with E-state index >= 15 is 0 Å². The van der Waals surface area contributed by atoms with Crippen LogP contribution in [0.4, 0.5) is 10.2 Å². The first kappa shape index (κ1) is 15.4. The van der Waals surface area contributed by atoms with Crippen LogP contribution in [0.5, 0.6) is 0 Å². The highest BCUT2D eigenvalue weighted by Gasteiger charge is 2.08. The lowest BCUT2D eigenvalue weighted by Crippen LogP contribution is -1.98. The first-order valence-corrected chi connectivity index (χ1v) is 8.38. The van der Waals surface area contributed by atoms with Crippen molar-refractivity contribution in [3.8, 4) is 16.6 Å². The van der Waals surface area contributed by atoms with E-state index in [0.717, 1.165) is 16.3 Å². The van der Waals surface area contributed by atoms with Crippen molar-refractivity contribution >= 4 is 28.9 Å². The maximum absolute atomic E-state index is 12.9. The Kier molecular flexibility index (Phi) is 4.50. The summed E-state index contributed by atoms with van der Waals surface area (Å²) in [5.41, 5.74) is 7.69. The van der Waals surface area contributed by atoms with Crippen LogP contribution >= 0.6 is 23.1 Å². The number of nitrogens with zero attached hydrogens (tertiary/aromatic N) is 4. The average Bonchev–Trinajstić information content (AvgIpc) is 3.03. The largest absolute Gasteiger partial charge is 0.382 e. The van der Waals surface area contributed by atoms with E-state index in [2.05, 4.69) is 15.0 Å². The molecule has 0 atom stereocenters. The molecule has 2 heterocycles. The molecule has 0 aliphatic heterocycles. The Morgan fingerprint density at radius 1 is 1.26 bits per heavy atom. The SMILES string of the molecule is N#Cc1cnc(SCc2csc(-c3ccc(F)cc3)n2)nc1N. The van der Waals surface area contributed by atoms with E-state index in [4.69, 9.17) is 11.0 Å². The van der Waals surface area contributed by atoms with E-state index < -0.39 is 0 Å². The number of benzene rings is 1. The first-order chi connectivity index (χ1) is 11.2. The fourth-order valence-electron chi connectivity index (χ4n) is 1.77. The van der Waals surface area contributed by atoms with Crippen molar-refractivity contribution in [1.82, 2.24) is 15.0 Å². The normalized spacial score (nSPS) is 10.4. The number of hydrogen-bond acceptors (Lipinski definition) is 7. The molecule has 23 heavy (non-hydrogen) atoms. The van der Waals surface area contributed by atoms with E-state index in [1.54, 1.807) is 12.1 Å². The number of nitrogens with two attached hydrogens (primary N) is 1. The van der Waals surface area contributed by atoms with Crippen molar-refractivity contribution in [3.63, 3.8) is 0 Å². The van der Waals surface area contributed by atoms with Crippen LogP contribution < -0.4 is 5.73 Å². The fourth-order valence-corrected chi connectivity index (χ4v) is 3.42. The Labute approximate surface area is 140 Å². The molecule has 5 nitrogen and oxygen atoms in total. The van der Waals surface area contributed by atoms with Crippen molar-refractivity contribution in [2.24, 2.45) is 0 Å². The molecule has 0 saturated heterocycles. The van der Waals surface area contributed by atoms with Gasteiger partial charge in [0.1, 0.15) is 28.3 Å². The molecular weight excluding hydrogens is 333 g/mol. The highest BCUT2D eigenvalue weighted by molar-refractivity contribution is 7.98. The molecule has 0 fully saturated rings. The lowest BCUT2D eigenvalue weighted by molar-refractivity contribution is 0.628. The number of hydrogen-bond donors (Lipinski definition) is 1. The summed E-state index contributed by atoms with van der Waals surface area (Å²) in [4.78, 5) is 12.7. The third-order valence-electron chi connectivity index (χ3n) is 2.91. The van der Waals surface area contributed by atoms with Crippen LogP contribution in [0.1, 0.15) is 11.3 Å². The maximum Gasteiger partial charge on any atom is 0.189 e. The smallest absolute Gasteiger partial charge is 0.189 e. The van der Waals surface area contributed by atoms with E-state index in [0.29, 0.717) is 10.9 Å². The molecule has 2 aromatic heterocycles. The van der Waals surface area contributed by atoms with Crippen LogP contribution in [0, 0.1) is 17.1 Å². The van der Waals surface area contributed by atoms with Crippen LogP contribution in [0.25, 0.3) is 10.6 Å². The second-order valence-electron chi connectivity index (χ2n) is 4.50. The molecule has 0 aliphatic rings. The molecule has 0 radical (unpaired) electrons. The average molecular weight is 343 g/mol. The summed E-state index contributed by atoms with van der Waals surface area (Å²) in [7, 11) is 0. The first-order valence-electron chi connectivity index (χ1n) is 6.51. The third kappa shape index (κ3) is 3.64. The zero-order chi connectivity index (χ0) is 16.2. The number of halogens is 1. The van der Waals surface area contributed by atoms with Gasteiger partial charge in [0, 0.05) is 16.7 Å². The molecule has 0 saturated carbocycles. The van der Waals surface area contributed by atoms with E-state index in [1.807, 2.05) is 11.4 Å². The maximum atomic E-state index is 12.9. The predicted octanol–water partition coefficient (Wildman–Crippen LogP) is 3.49. The summed E-state index contributed by atoms with van der Waals surface area (Å²) in [6.45, 7) is 0. The van der Waals surface area contributed by atoms with Crippen LogP contribution in [0.2, 0.25) is 0 Å². The quantitative estimate of drug-likeness (QED) is 0.576. The number of thioether (sulfide) groups is 1. The number of anilines is 1. The van der Waals surface area contributed by atoms with E-state index in [1.165, 1.54) is 41.4 Å². The van der Waals surface area contributed by atoms with Crippen molar-refractivity contribution in [2.75, 3.05) is 5.73 Å². The highest BCUT2D eigenvalue weighted by Crippen LogP contribution is 2.27. The van der Waals surface area contributed by atoms with Crippen molar-refractivity contribution in [3.05, 3.63) is 52.9 Å². The van der Waals surface area contributed by atoms with Gasteiger partial charge in [-0.25, -0.2) is 19.3 Å². The van der Waals surface area contributed by atoms with Gasteiger partial charge in [-0.2, -0.15) is 5.26 Å². The van der Waals surface area contributed by atoms with Gasteiger partial charge in [-0.05, 0) is 24.3 Å². The molecule has 0 bridgehead atoms. The predicted molar refractivity (Wildman–Crippen MR) is 88.2 cm³/mol. The molecule has 1 aromatic carbocycles. The molecule has 2 N–H and O–H groups in total. The van der Waals surface area contributed by atoms with Crippen molar-refractivity contribution in [2.45, 2.75) is 10.9 Å². The summed E-state index contributed by atoms with van der Waals surface area (Å²) in [6.07, 6.45) is 1.41. The van der Waals surface area contributed by atoms with Crippen LogP contribution in [-0.2, 0) is 5.75 Å². The standard InChI is InChI=1S/C15H10FN5S2/c16-11-3-1-9(2-4-11)14-20-12(7-22-14)8-23-15-19-6-10(5-17)13(18)21-15/h1-4,6-7H,8H2,(H2,18,19,21). The Morgan fingerprint density at radius 3 is 2.74 bits per heavy atom. The number of aromatic nitrogens is 3. The minimum Gasteiger partial charge on any atom is -0.382 e. The van der Waals surface area contributed by atoms with E-state index in [9.17, 15) is 4.39 Å². The molecular formula is C15H10FN5S2. The Bertz CT molecular complexity index is 870. The van der Waals surface area contributed by atoms with Crippen molar-refractivity contribution < 1.29 is 4.39 Å². The van der Waals surface area contributed by atoms with Crippen molar-refractivity contribution in [1.29, 1.82) is 5.26 Å². The third-order valence-corrected chi connectivity index (χ3v) is 4.74.